The fourth-order valence-corrected chi connectivity index (χ4v) is 2.39. The first-order chi connectivity index (χ1) is 8.89. The number of amides is 2. The van der Waals surface area contributed by atoms with Gasteiger partial charge in [0.25, 0.3) is 0 Å². The largest absolute Gasteiger partial charge is 0.448 e. The Balaban J connectivity index is 2.01. The van der Waals surface area contributed by atoms with Crippen molar-refractivity contribution in [2.24, 2.45) is 0 Å². The molecule has 0 saturated carbocycles. The molecule has 1 unspecified atom stereocenters. The van der Waals surface area contributed by atoms with Crippen LogP contribution in [0.25, 0.3) is 0 Å². The predicted octanol–water partition coefficient (Wildman–Crippen LogP) is 1.38. The van der Waals surface area contributed by atoms with E-state index in [0.29, 0.717) is 12.8 Å². The maximum atomic E-state index is 12.8. The number of hydrogen-bond acceptors (Lipinski definition) is 3. The zero-order valence-electron chi connectivity index (χ0n) is 10.3. The zero-order valence-corrected chi connectivity index (χ0v) is 10.3. The minimum absolute atomic E-state index is 0.0698. The molecule has 2 aliphatic heterocycles. The molecule has 2 rings (SSSR count). The maximum absolute atomic E-state index is 12.8. The summed E-state index contributed by atoms with van der Waals surface area (Å²) < 4.78 is 43.2. The highest BCUT2D eigenvalue weighted by Crippen LogP contribution is 2.31. The molecule has 19 heavy (non-hydrogen) atoms. The van der Waals surface area contributed by atoms with Crippen molar-refractivity contribution in [1.29, 1.82) is 0 Å². The smallest absolute Gasteiger partial charge is 0.410 e. The molecule has 0 N–H and O–H groups in total. The molecule has 2 aliphatic rings. The number of piperidine rings is 1. The quantitative estimate of drug-likeness (QED) is 0.768. The average Bonchev–Trinajstić information content (AvgIpc) is 2.74. The fourth-order valence-electron chi connectivity index (χ4n) is 2.39. The minimum Gasteiger partial charge on any atom is -0.448 e. The van der Waals surface area contributed by atoms with Gasteiger partial charge in [0.05, 0.1) is 6.54 Å². The second-order valence-corrected chi connectivity index (χ2v) is 4.68. The molecule has 8 heteroatoms. The van der Waals surface area contributed by atoms with Gasteiger partial charge in [-0.15, -0.1) is 0 Å². The van der Waals surface area contributed by atoms with Gasteiger partial charge in [-0.3, -0.25) is 9.69 Å². The monoisotopic (exact) mass is 280 g/mol. The molecule has 1 atom stereocenters. The first kappa shape index (κ1) is 14.0. The standard InChI is InChI=1S/C11H15F3N2O3/c12-11(13,14)8-3-1-2-4-16(8)9(17)7-15-5-6-19-10(15)18/h8H,1-7H2. The van der Waals surface area contributed by atoms with Crippen molar-refractivity contribution >= 4 is 12.0 Å². The third-order valence-electron chi connectivity index (χ3n) is 3.37. The number of nitrogens with zero attached hydrogens (tertiary/aromatic N) is 2. The molecular weight excluding hydrogens is 265 g/mol. The second-order valence-electron chi connectivity index (χ2n) is 4.68. The number of cyclic esters (lactones) is 1. The topological polar surface area (TPSA) is 49.9 Å². The van der Waals surface area contributed by atoms with Crippen LogP contribution in [0.5, 0.6) is 0 Å². The summed E-state index contributed by atoms with van der Waals surface area (Å²) in [5.41, 5.74) is 0. The summed E-state index contributed by atoms with van der Waals surface area (Å²) in [7, 11) is 0. The van der Waals surface area contributed by atoms with Gasteiger partial charge < -0.3 is 9.64 Å². The predicted molar refractivity (Wildman–Crippen MR) is 58.3 cm³/mol. The number of halogens is 3. The lowest BCUT2D eigenvalue weighted by atomic mass is 10.0. The molecule has 0 aromatic heterocycles. The van der Waals surface area contributed by atoms with Gasteiger partial charge in [0, 0.05) is 6.54 Å². The SMILES string of the molecule is O=C1OCCN1CC(=O)N1CCCCC1C(F)(F)F. The molecule has 0 bridgehead atoms. The van der Waals surface area contributed by atoms with Crippen LogP contribution in [0.1, 0.15) is 19.3 Å². The Morgan fingerprint density at radius 3 is 2.63 bits per heavy atom. The van der Waals surface area contributed by atoms with Gasteiger partial charge in [-0.2, -0.15) is 13.2 Å². The summed E-state index contributed by atoms with van der Waals surface area (Å²) in [5, 5.41) is 0. The highest BCUT2D eigenvalue weighted by Gasteiger charge is 2.46. The lowest BCUT2D eigenvalue weighted by Gasteiger charge is -2.37. The molecule has 0 aromatic carbocycles. The van der Waals surface area contributed by atoms with Crippen LogP contribution < -0.4 is 0 Å². The third kappa shape index (κ3) is 3.10. The minimum atomic E-state index is -4.42. The van der Waals surface area contributed by atoms with Gasteiger partial charge in [-0.25, -0.2) is 4.79 Å². The van der Waals surface area contributed by atoms with Crippen LogP contribution in [0.3, 0.4) is 0 Å². The number of carbonyl (C=O) groups excluding carboxylic acids is 2. The van der Waals surface area contributed by atoms with Crippen molar-refractivity contribution < 1.29 is 27.5 Å². The average molecular weight is 280 g/mol. The van der Waals surface area contributed by atoms with E-state index >= 15 is 0 Å². The molecule has 0 aliphatic carbocycles. The van der Waals surface area contributed by atoms with Crippen LogP contribution in [0.2, 0.25) is 0 Å². The molecule has 0 spiro atoms. The second kappa shape index (κ2) is 5.26. The van der Waals surface area contributed by atoms with E-state index in [1.54, 1.807) is 0 Å². The van der Waals surface area contributed by atoms with E-state index in [9.17, 15) is 22.8 Å². The van der Waals surface area contributed by atoms with Crippen molar-refractivity contribution in [3.05, 3.63) is 0 Å². The number of likely N-dealkylation sites (tertiary alicyclic amines) is 1. The van der Waals surface area contributed by atoms with Gasteiger partial charge in [0.15, 0.2) is 0 Å². The number of ether oxygens (including phenoxy) is 1. The number of hydrogen-bond donors (Lipinski definition) is 0. The summed E-state index contributed by atoms with van der Waals surface area (Å²) in [6, 6.07) is -1.73. The summed E-state index contributed by atoms with van der Waals surface area (Å²) in [4.78, 5) is 25.1. The number of alkyl halides is 3. The van der Waals surface area contributed by atoms with E-state index in [1.165, 1.54) is 0 Å². The molecule has 108 valence electrons. The number of rotatable bonds is 2. The van der Waals surface area contributed by atoms with Gasteiger partial charge in [0.1, 0.15) is 19.2 Å². The molecule has 2 amide bonds. The van der Waals surface area contributed by atoms with Gasteiger partial charge >= 0.3 is 12.3 Å². The lowest BCUT2D eigenvalue weighted by Crippen LogP contribution is -2.53. The van der Waals surface area contributed by atoms with Crippen molar-refractivity contribution in [3.63, 3.8) is 0 Å². The normalized spacial score (nSPS) is 24.6. The van der Waals surface area contributed by atoms with Crippen LogP contribution in [-0.4, -0.2) is 60.3 Å². The van der Waals surface area contributed by atoms with Crippen molar-refractivity contribution in [1.82, 2.24) is 9.80 Å². The molecule has 0 aromatic rings. The van der Waals surface area contributed by atoms with Gasteiger partial charge in [0.2, 0.25) is 5.91 Å². The van der Waals surface area contributed by atoms with Crippen molar-refractivity contribution in [2.45, 2.75) is 31.5 Å². The van der Waals surface area contributed by atoms with Crippen LogP contribution in [0, 0.1) is 0 Å². The Morgan fingerprint density at radius 1 is 1.32 bits per heavy atom. The Labute approximate surface area is 108 Å². The molecule has 2 fully saturated rings. The van der Waals surface area contributed by atoms with E-state index < -0.39 is 24.2 Å². The van der Waals surface area contributed by atoms with Crippen LogP contribution >= 0.6 is 0 Å². The van der Waals surface area contributed by atoms with Gasteiger partial charge in [-0.1, -0.05) is 0 Å². The molecule has 5 nitrogen and oxygen atoms in total. The van der Waals surface area contributed by atoms with E-state index in [2.05, 4.69) is 4.74 Å². The summed E-state index contributed by atoms with van der Waals surface area (Å²) in [6.07, 6.45) is -4.11. The van der Waals surface area contributed by atoms with Crippen LogP contribution in [-0.2, 0) is 9.53 Å². The molecule has 2 heterocycles. The van der Waals surface area contributed by atoms with Crippen LogP contribution in [0.4, 0.5) is 18.0 Å². The first-order valence-electron chi connectivity index (χ1n) is 6.17. The van der Waals surface area contributed by atoms with E-state index in [1.807, 2.05) is 0 Å². The highest BCUT2D eigenvalue weighted by atomic mass is 19.4. The molecule has 2 saturated heterocycles. The van der Waals surface area contributed by atoms with E-state index in [0.717, 1.165) is 9.80 Å². The number of carbonyl (C=O) groups is 2. The van der Waals surface area contributed by atoms with Crippen LogP contribution in [0.15, 0.2) is 0 Å². The summed E-state index contributed by atoms with van der Waals surface area (Å²) in [6.45, 7) is 0.168. The maximum Gasteiger partial charge on any atom is 0.410 e. The lowest BCUT2D eigenvalue weighted by molar-refractivity contribution is -0.196. The summed E-state index contributed by atoms with van der Waals surface area (Å²) >= 11 is 0. The Bertz CT molecular complexity index is 373. The van der Waals surface area contributed by atoms with E-state index in [-0.39, 0.29) is 32.7 Å². The third-order valence-corrected chi connectivity index (χ3v) is 3.37. The Kier molecular flexibility index (Phi) is 3.86. The highest BCUT2D eigenvalue weighted by molar-refractivity contribution is 5.83. The molecular formula is C11H15F3N2O3. The van der Waals surface area contributed by atoms with Crippen molar-refractivity contribution in [2.75, 3.05) is 26.2 Å². The zero-order chi connectivity index (χ0) is 14.0. The Morgan fingerprint density at radius 2 is 2.05 bits per heavy atom. The van der Waals surface area contributed by atoms with Gasteiger partial charge in [-0.05, 0) is 19.3 Å². The van der Waals surface area contributed by atoms with Crippen molar-refractivity contribution in [3.8, 4) is 0 Å². The molecule has 0 radical (unpaired) electrons. The first-order valence-corrected chi connectivity index (χ1v) is 6.17. The summed E-state index contributed by atoms with van der Waals surface area (Å²) in [5.74, 6) is -0.666. The Hall–Kier alpha value is -1.47. The fraction of sp³-hybridized carbons (Fsp3) is 0.818. The van der Waals surface area contributed by atoms with E-state index in [4.69, 9.17) is 0 Å².